The van der Waals surface area contributed by atoms with Crippen LogP contribution in [-0.2, 0) is 4.79 Å². The van der Waals surface area contributed by atoms with Crippen LogP contribution in [0.25, 0.3) is 0 Å². The van der Waals surface area contributed by atoms with Gasteiger partial charge in [0.1, 0.15) is 0 Å². The fourth-order valence-corrected chi connectivity index (χ4v) is 2.65. The summed E-state index contributed by atoms with van der Waals surface area (Å²) in [6.07, 6.45) is -1.37. The minimum absolute atomic E-state index is 0.260. The number of nitrogens with zero attached hydrogens (tertiary/aromatic N) is 2. The molecule has 1 aliphatic heterocycles. The quantitative estimate of drug-likeness (QED) is 0.834. The van der Waals surface area contributed by atoms with E-state index in [1.807, 2.05) is 6.92 Å². The second kappa shape index (κ2) is 5.95. The van der Waals surface area contributed by atoms with Crippen LogP contribution in [0.1, 0.15) is 24.8 Å². The Kier molecular flexibility index (Phi) is 4.44. The number of rotatable bonds is 2. The van der Waals surface area contributed by atoms with Crippen LogP contribution in [0, 0.1) is 6.92 Å². The number of amides is 1. The van der Waals surface area contributed by atoms with Crippen LogP contribution in [0.4, 0.5) is 24.5 Å². The summed E-state index contributed by atoms with van der Waals surface area (Å²) in [7, 11) is 1.14. The van der Waals surface area contributed by atoms with Gasteiger partial charge >= 0.3 is 12.1 Å². The Bertz CT molecular complexity index is 522. The maximum atomic E-state index is 12.5. The fourth-order valence-electron chi connectivity index (χ4n) is 2.65. The van der Waals surface area contributed by atoms with Crippen molar-refractivity contribution in [3.05, 3.63) is 23.8 Å². The van der Waals surface area contributed by atoms with Crippen LogP contribution in [0.5, 0.6) is 0 Å². The lowest BCUT2D eigenvalue weighted by Crippen LogP contribution is -2.38. The summed E-state index contributed by atoms with van der Waals surface area (Å²) in [5, 5.41) is 0. The predicted molar refractivity (Wildman–Crippen MR) is 76.7 cm³/mol. The van der Waals surface area contributed by atoms with Crippen molar-refractivity contribution in [3.8, 4) is 0 Å². The van der Waals surface area contributed by atoms with E-state index in [0.717, 1.165) is 44.2 Å². The van der Waals surface area contributed by atoms with Crippen molar-refractivity contribution >= 4 is 17.3 Å². The molecule has 116 valence electrons. The molecular weight excluding hydrogens is 281 g/mol. The summed E-state index contributed by atoms with van der Waals surface area (Å²) in [6, 6.07) is 5.00. The summed E-state index contributed by atoms with van der Waals surface area (Å²) < 4.78 is 37.4. The summed E-state index contributed by atoms with van der Waals surface area (Å²) in [5.74, 6) is -1.85. The summed E-state index contributed by atoms with van der Waals surface area (Å²) in [4.78, 5) is 14.1. The number of hydrogen-bond acceptors (Lipinski definition) is 2. The molecule has 1 aromatic rings. The van der Waals surface area contributed by atoms with E-state index >= 15 is 0 Å². The van der Waals surface area contributed by atoms with E-state index in [4.69, 9.17) is 0 Å². The van der Waals surface area contributed by atoms with Crippen molar-refractivity contribution in [2.45, 2.75) is 32.4 Å². The van der Waals surface area contributed by atoms with Gasteiger partial charge in [-0.2, -0.15) is 13.2 Å². The van der Waals surface area contributed by atoms with Crippen LogP contribution in [0.15, 0.2) is 18.2 Å². The molecule has 0 saturated carbocycles. The minimum atomic E-state index is -4.85. The molecule has 0 unspecified atom stereocenters. The number of piperidine rings is 1. The van der Waals surface area contributed by atoms with E-state index in [2.05, 4.69) is 4.90 Å². The Morgan fingerprint density at radius 1 is 1.19 bits per heavy atom. The third-order valence-corrected chi connectivity index (χ3v) is 3.81. The zero-order valence-corrected chi connectivity index (χ0v) is 12.2. The van der Waals surface area contributed by atoms with Crippen LogP contribution >= 0.6 is 0 Å². The molecule has 0 radical (unpaired) electrons. The van der Waals surface area contributed by atoms with Crippen LogP contribution in [0.2, 0.25) is 0 Å². The minimum Gasteiger partial charge on any atom is -0.371 e. The molecule has 1 heterocycles. The van der Waals surface area contributed by atoms with Gasteiger partial charge < -0.3 is 9.80 Å². The van der Waals surface area contributed by atoms with Crippen molar-refractivity contribution < 1.29 is 18.0 Å². The molecule has 0 aliphatic carbocycles. The molecule has 0 bridgehead atoms. The Morgan fingerprint density at radius 3 is 2.33 bits per heavy atom. The van der Waals surface area contributed by atoms with Gasteiger partial charge in [0.15, 0.2) is 0 Å². The number of carbonyl (C=O) groups excluding carboxylic acids is 1. The van der Waals surface area contributed by atoms with Crippen molar-refractivity contribution in [2.24, 2.45) is 0 Å². The Balaban J connectivity index is 2.20. The third-order valence-electron chi connectivity index (χ3n) is 3.81. The van der Waals surface area contributed by atoms with Crippen molar-refractivity contribution in [2.75, 3.05) is 29.9 Å². The summed E-state index contributed by atoms with van der Waals surface area (Å²) in [6.45, 7) is 3.80. The number of anilines is 2. The number of carbonyl (C=O) groups is 1. The van der Waals surface area contributed by atoms with E-state index in [0.29, 0.717) is 4.90 Å². The van der Waals surface area contributed by atoms with Gasteiger partial charge in [-0.15, -0.1) is 0 Å². The van der Waals surface area contributed by atoms with Gasteiger partial charge in [0, 0.05) is 31.5 Å². The van der Waals surface area contributed by atoms with Crippen LogP contribution in [0.3, 0.4) is 0 Å². The van der Waals surface area contributed by atoms with Crippen molar-refractivity contribution in [3.63, 3.8) is 0 Å². The molecule has 21 heavy (non-hydrogen) atoms. The lowest BCUT2D eigenvalue weighted by molar-refractivity contribution is -0.170. The van der Waals surface area contributed by atoms with Gasteiger partial charge in [-0.25, -0.2) is 0 Å². The molecule has 1 amide bonds. The zero-order chi connectivity index (χ0) is 15.6. The number of alkyl halides is 3. The van der Waals surface area contributed by atoms with E-state index in [9.17, 15) is 18.0 Å². The second-order valence-corrected chi connectivity index (χ2v) is 5.38. The maximum Gasteiger partial charge on any atom is 0.471 e. The monoisotopic (exact) mass is 300 g/mol. The van der Waals surface area contributed by atoms with Crippen LogP contribution < -0.4 is 9.80 Å². The first-order chi connectivity index (χ1) is 9.80. The molecule has 6 heteroatoms. The molecule has 0 atom stereocenters. The Labute approximate surface area is 122 Å². The Hall–Kier alpha value is -1.72. The molecule has 1 aliphatic rings. The fraction of sp³-hybridized carbons (Fsp3) is 0.533. The normalized spacial score (nSPS) is 16.0. The smallest absolute Gasteiger partial charge is 0.371 e. The van der Waals surface area contributed by atoms with E-state index in [1.165, 1.54) is 6.42 Å². The van der Waals surface area contributed by atoms with Crippen molar-refractivity contribution in [1.82, 2.24) is 0 Å². The van der Waals surface area contributed by atoms with E-state index in [1.54, 1.807) is 18.2 Å². The molecular formula is C15H19F3N2O. The number of benzene rings is 1. The standard InChI is InChI=1S/C15H19F3N2O/c1-11-10-12(19(2)14(21)15(16,17)18)6-7-13(11)20-8-4-3-5-9-20/h6-7,10H,3-5,8-9H2,1-2H3. The first-order valence-corrected chi connectivity index (χ1v) is 7.01. The first kappa shape index (κ1) is 15.7. The predicted octanol–water partition coefficient (Wildman–Crippen LogP) is 3.51. The third kappa shape index (κ3) is 3.49. The van der Waals surface area contributed by atoms with Gasteiger partial charge in [-0.05, 0) is 49.9 Å². The van der Waals surface area contributed by atoms with Crippen molar-refractivity contribution in [1.29, 1.82) is 0 Å². The first-order valence-electron chi connectivity index (χ1n) is 7.01. The highest BCUT2D eigenvalue weighted by molar-refractivity contribution is 5.97. The topological polar surface area (TPSA) is 23.6 Å². The van der Waals surface area contributed by atoms with Gasteiger partial charge in [0.25, 0.3) is 0 Å². The molecule has 0 aromatic heterocycles. The van der Waals surface area contributed by atoms with Gasteiger partial charge in [0.2, 0.25) is 0 Å². The zero-order valence-electron chi connectivity index (χ0n) is 12.2. The highest BCUT2D eigenvalue weighted by Crippen LogP contribution is 2.29. The number of halogens is 3. The molecule has 0 spiro atoms. The second-order valence-electron chi connectivity index (χ2n) is 5.38. The highest BCUT2D eigenvalue weighted by atomic mass is 19.4. The average molecular weight is 300 g/mol. The molecule has 1 fully saturated rings. The van der Waals surface area contributed by atoms with Gasteiger partial charge in [-0.1, -0.05) is 0 Å². The molecule has 0 N–H and O–H groups in total. The van der Waals surface area contributed by atoms with Gasteiger partial charge in [-0.3, -0.25) is 4.79 Å². The lowest BCUT2D eigenvalue weighted by atomic mass is 10.1. The highest BCUT2D eigenvalue weighted by Gasteiger charge is 2.41. The summed E-state index contributed by atoms with van der Waals surface area (Å²) >= 11 is 0. The number of aryl methyl sites for hydroxylation is 1. The van der Waals surface area contributed by atoms with E-state index in [-0.39, 0.29) is 5.69 Å². The molecule has 2 rings (SSSR count). The van der Waals surface area contributed by atoms with Gasteiger partial charge in [0.05, 0.1) is 0 Å². The van der Waals surface area contributed by atoms with E-state index < -0.39 is 12.1 Å². The average Bonchev–Trinajstić information content (AvgIpc) is 2.45. The molecule has 1 saturated heterocycles. The Morgan fingerprint density at radius 2 is 1.81 bits per heavy atom. The lowest BCUT2D eigenvalue weighted by Gasteiger charge is -2.31. The number of hydrogen-bond donors (Lipinski definition) is 0. The molecule has 1 aromatic carbocycles. The summed E-state index contributed by atoms with van der Waals surface area (Å²) in [5.41, 5.74) is 2.18. The SMILES string of the molecule is Cc1cc(N(C)C(=O)C(F)(F)F)ccc1N1CCCCC1. The van der Waals surface area contributed by atoms with Crippen LogP contribution in [-0.4, -0.2) is 32.2 Å². The largest absolute Gasteiger partial charge is 0.471 e. The molecule has 3 nitrogen and oxygen atoms in total. The maximum absolute atomic E-state index is 12.5.